The Bertz CT molecular complexity index is 2330. The average Bonchev–Trinajstić information content (AvgIpc) is 3.15. The minimum Gasteiger partial charge on any atom is -0.310 e. The molecular formula is C47H35N. The van der Waals surface area contributed by atoms with Crippen molar-refractivity contribution in [2.75, 3.05) is 4.90 Å². The molecule has 0 bridgehead atoms. The van der Waals surface area contributed by atoms with Gasteiger partial charge in [-0.25, -0.2) is 0 Å². The summed E-state index contributed by atoms with van der Waals surface area (Å²) in [4.78, 5) is 2.46. The third-order valence-corrected chi connectivity index (χ3v) is 10.3. The van der Waals surface area contributed by atoms with Gasteiger partial charge < -0.3 is 4.90 Å². The lowest BCUT2D eigenvalue weighted by atomic mass is 9.72. The van der Waals surface area contributed by atoms with Crippen molar-refractivity contribution < 1.29 is 0 Å². The van der Waals surface area contributed by atoms with Gasteiger partial charge in [0.1, 0.15) is 0 Å². The van der Waals surface area contributed by atoms with E-state index < -0.39 is 0 Å². The molecule has 1 heterocycles. The average molecular weight is 614 g/mol. The summed E-state index contributed by atoms with van der Waals surface area (Å²) < 4.78 is 0. The molecule has 1 nitrogen and oxygen atoms in total. The van der Waals surface area contributed by atoms with E-state index in [0.29, 0.717) is 0 Å². The molecule has 0 radical (unpaired) electrons. The Kier molecular flexibility index (Phi) is 6.55. The number of rotatable bonds is 4. The van der Waals surface area contributed by atoms with Gasteiger partial charge in [-0.3, -0.25) is 0 Å². The number of hydrogen-bond acceptors (Lipinski definition) is 1. The molecule has 0 atom stereocenters. The molecule has 0 unspecified atom stereocenters. The van der Waals surface area contributed by atoms with Crippen LogP contribution in [-0.2, 0) is 5.41 Å². The van der Waals surface area contributed by atoms with Crippen LogP contribution in [0.3, 0.4) is 0 Å². The van der Waals surface area contributed by atoms with Crippen LogP contribution in [-0.4, -0.2) is 0 Å². The zero-order valence-corrected chi connectivity index (χ0v) is 27.2. The predicted molar refractivity (Wildman–Crippen MR) is 205 cm³/mol. The van der Waals surface area contributed by atoms with Crippen LogP contribution in [0.5, 0.6) is 0 Å². The summed E-state index contributed by atoms with van der Waals surface area (Å²) in [5, 5.41) is 5.08. The van der Waals surface area contributed by atoms with E-state index >= 15 is 0 Å². The zero-order chi connectivity index (χ0) is 32.2. The number of fused-ring (bicyclic) bond motifs is 4. The normalized spacial score (nSPS) is 13.3. The van der Waals surface area contributed by atoms with E-state index in [4.69, 9.17) is 0 Å². The van der Waals surface area contributed by atoms with Crippen LogP contribution < -0.4 is 4.90 Å². The van der Waals surface area contributed by atoms with E-state index in [2.05, 4.69) is 195 Å². The Labute approximate surface area is 282 Å². The quantitative estimate of drug-likeness (QED) is 0.191. The molecule has 9 rings (SSSR count). The van der Waals surface area contributed by atoms with E-state index in [-0.39, 0.29) is 5.41 Å². The third kappa shape index (κ3) is 4.54. The predicted octanol–water partition coefficient (Wildman–Crippen LogP) is 13.1. The highest BCUT2D eigenvalue weighted by Crippen LogP contribution is 2.54. The smallest absolute Gasteiger partial charge is 0.0503 e. The van der Waals surface area contributed by atoms with Gasteiger partial charge >= 0.3 is 0 Å². The van der Waals surface area contributed by atoms with Gasteiger partial charge in [0.15, 0.2) is 0 Å². The highest BCUT2D eigenvalue weighted by atomic mass is 15.2. The van der Waals surface area contributed by atoms with E-state index in [9.17, 15) is 0 Å². The highest BCUT2D eigenvalue weighted by Gasteiger charge is 2.37. The molecule has 1 heteroatoms. The lowest BCUT2D eigenvalue weighted by molar-refractivity contribution is 0.632. The van der Waals surface area contributed by atoms with Crippen molar-refractivity contribution in [2.24, 2.45) is 0 Å². The monoisotopic (exact) mass is 613 g/mol. The SMILES string of the molecule is CC1(C)c2cc(-c3cccc4ccccc34)ccc2N(c2ccc(-c3ccccc3)cc2)c2ccc(-c3cccc4ccccc34)cc21. The largest absolute Gasteiger partial charge is 0.310 e. The van der Waals surface area contributed by atoms with Crippen molar-refractivity contribution in [1.82, 2.24) is 0 Å². The summed E-state index contributed by atoms with van der Waals surface area (Å²) in [6.45, 7) is 4.78. The van der Waals surface area contributed by atoms with Gasteiger partial charge in [-0.05, 0) is 102 Å². The van der Waals surface area contributed by atoms with Crippen molar-refractivity contribution in [2.45, 2.75) is 19.3 Å². The molecule has 48 heavy (non-hydrogen) atoms. The zero-order valence-electron chi connectivity index (χ0n) is 27.2. The highest BCUT2D eigenvalue weighted by molar-refractivity contribution is 5.99. The molecule has 0 aromatic heterocycles. The first-order valence-electron chi connectivity index (χ1n) is 16.8. The lowest BCUT2D eigenvalue weighted by Crippen LogP contribution is -2.30. The molecule has 0 spiro atoms. The molecule has 0 N–H and O–H groups in total. The lowest BCUT2D eigenvalue weighted by Gasteiger charge is -2.42. The van der Waals surface area contributed by atoms with E-state index in [1.165, 1.54) is 77.4 Å². The molecule has 228 valence electrons. The van der Waals surface area contributed by atoms with Crippen LogP contribution in [0, 0.1) is 0 Å². The Hall–Kier alpha value is -5.92. The molecule has 8 aromatic carbocycles. The van der Waals surface area contributed by atoms with Crippen LogP contribution >= 0.6 is 0 Å². The number of benzene rings is 8. The number of hydrogen-bond donors (Lipinski definition) is 0. The Morgan fingerprint density at radius 1 is 0.375 bits per heavy atom. The van der Waals surface area contributed by atoms with Crippen LogP contribution in [0.2, 0.25) is 0 Å². The molecule has 0 saturated carbocycles. The van der Waals surface area contributed by atoms with E-state index in [1.807, 2.05) is 0 Å². The molecule has 0 saturated heterocycles. The van der Waals surface area contributed by atoms with Gasteiger partial charge in [0.05, 0.1) is 11.4 Å². The van der Waals surface area contributed by atoms with Gasteiger partial charge in [0.2, 0.25) is 0 Å². The fourth-order valence-electron chi connectivity index (χ4n) is 7.74. The maximum atomic E-state index is 2.46. The van der Waals surface area contributed by atoms with Gasteiger partial charge in [-0.15, -0.1) is 0 Å². The summed E-state index contributed by atoms with van der Waals surface area (Å²) in [6.07, 6.45) is 0. The molecule has 8 aromatic rings. The van der Waals surface area contributed by atoms with Crippen LogP contribution in [0.25, 0.3) is 54.9 Å². The Morgan fingerprint density at radius 3 is 1.35 bits per heavy atom. The first-order valence-corrected chi connectivity index (χ1v) is 16.8. The molecule has 0 aliphatic carbocycles. The standard InChI is InChI=1S/C47H35N/c1-47(2)43-30-36(41-20-10-16-34-14-6-8-18-39(34)41)24-28-45(43)48(38-26-22-33(23-27-38)32-12-4-3-5-13-32)46-29-25-37(31-44(46)47)42-21-11-17-35-15-7-9-19-40(35)42/h3-31H,1-2H3. The van der Waals surface area contributed by atoms with Crippen LogP contribution in [0.15, 0.2) is 176 Å². The van der Waals surface area contributed by atoms with E-state index in [0.717, 1.165) is 5.69 Å². The fourth-order valence-corrected chi connectivity index (χ4v) is 7.74. The third-order valence-electron chi connectivity index (χ3n) is 10.3. The van der Waals surface area contributed by atoms with Crippen molar-refractivity contribution in [1.29, 1.82) is 0 Å². The second kappa shape index (κ2) is 11.1. The minimum absolute atomic E-state index is 0.244. The maximum Gasteiger partial charge on any atom is 0.0503 e. The number of anilines is 3. The second-order valence-corrected chi connectivity index (χ2v) is 13.4. The summed E-state index contributed by atoms with van der Waals surface area (Å²) in [5.41, 5.74) is 13.5. The van der Waals surface area contributed by atoms with E-state index in [1.54, 1.807) is 0 Å². The summed E-state index contributed by atoms with van der Waals surface area (Å²) >= 11 is 0. The summed E-state index contributed by atoms with van der Waals surface area (Å²) in [5.74, 6) is 0. The van der Waals surface area contributed by atoms with Crippen molar-refractivity contribution in [3.05, 3.63) is 187 Å². The van der Waals surface area contributed by atoms with Crippen molar-refractivity contribution in [3.63, 3.8) is 0 Å². The van der Waals surface area contributed by atoms with Gasteiger partial charge in [0, 0.05) is 11.1 Å². The van der Waals surface area contributed by atoms with Crippen LogP contribution in [0.1, 0.15) is 25.0 Å². The molecule has 1 aliphatic heterocycles. The molecular weight excluding hydrogens is 579 g/mol. The molecule has 0 amide bonds. The number of nitrogens with zero attached hydrogens (tertiary/aromatic N) is 1. The fraction of sp³-hybridized carbons (Fsp3) is 0.0638. The molecule has 1 aliphatic rings. The van der Waals surface area contributed by atoms with Crippen molar-refractivity contribution >= 4 is 38.6 Å². The topological polar surface area (TPSA) is 3.24 Å². The summed E-state index contributed by atoms with van der Waals surface area (Å²) in [6, 6.07) is 64.5. The van der Waals surface area contributed by atoms with Gasteiger partial charge in [-0.2, -0.15) is 0 Å². The summed E-state index contributed by atoms with van der Waals surface area (Å²) in [7, 11) is 0. The minimum atomic E-state index is -0.244. The molecule has 0 fully saturated rings. The van der Waals surface area contributed by atoms with Crippen molar-refractivity contribution in [3.8, 4) is 33.4 Å². The van der Waals surface area contributed by atoms with Crippen LogP contribution in [0.4, 0.5) is 17.1 Å². The van der Waals surface area contributed by atoms with Gasteiger partial charge in [0.25, 0.3) is 0 Å². The second-order valence-electron chi connectivity index (χ2n) is 13.4. The van der Waals surface area contributed by atoms with Gasteiger partial charge in [-0.1, -0.05) is 153 Å². The first kappa shape index (κ1) is 28.3. The first-order chi connectivity index (χ1) is 23.6. The Morgan fingerprint density at radius 2 is 0.812 bits per heavy atom. The Balaban J connectivity index is 1.25. The maximum absolute atomic E-state index is 2.46.